The van der Waals surface area contributed by atoms with Gasteiger partial charge < -0.3 is 24.3 Å². The van der Waals surface area contributed by atoms with Crippen LogP contribution in [0.25, 0.3) is 10.2 Å². The van der Waals surface area contributed by atoms with Gasteiger partial charge in [-0.05, 0) is 31.2 Å². The van der Waals surface area contributed by atoms with Gasteiger partial charge in [0.1, 0.15) is 22.8 Å². The van der Waals surface area contributed by atoms with Crippen molar-refractivity contribution in [2.45, 2.75) is 25.4 Å². The molecular weight excluding hydrogens is 414 g/mol. The third-order valence-corrected chi connectivity index (χ3v) is 7.35. The Morgan fingerprint density at radius 3 is 2.71 bits per heavy atom. The van der Waals surface area contributed by atoms with E-state index in [9.17, 15) is 9.59 Å². The molecule has 3 aromatic rings. The SMILES string of the molecule is COc1ccc2c(c1)OC1(CCN(C(=O)c3cc4sc(C)cc4n3C)CC1)CNC2=O. The predicted octanol–water partition coefficient (Wildman–Crippen LogP) is 3.35. The van der Waals surface area contributed by atoms with E-state index in [1.165, 1.54) is 4.88 Å². The zero-order valence-electron chi connectivity index (χ0n) is 17.9. The second-order valence-corrected chi connectivity index (χ2v) is 9.61. The number of nitrogens with one attached hydrogen (secondary N) is 1. The van der Waals surface area contributed by atoms with Gasteiger partial charge in [-0.2, -0.15) is 0 Å². The molecule has 31 heavy (non-hydrogen) atoms. The minimum atomic E-state index is -0.532. The summed E-state index contributed by atoms with van der Waals surface area (Å²) in [6.07, 6.45) is 1.29. The van der Waals surface area contributed by atoms with Crippen LogP contribution in [0, 0.1) is 6.92 Å². The van der Waals surface area contributed by atoms with Gasteiger partial charge in [-0.3, -0.25) is 9.59 Å². The van der Waals surface area contributed by atoms with Crippen LogP contribution in [0.4, 0.5) is 0 Å². The average Bonchev–Trinajstić information content (AvgIpc) is 3.24. The number of hydrogen-bond donors (Lipinski definition) is 1. The molecule has 2 aromatic heterocycles. The quantitative estimate of drug-likeness (QED) is 0.665. The zero-order valence-corrected chi connectivity index (χ0v) is 18.7. The number of aromatic nitrogens is 1. The van der Waals surface area contributed by atoms with Gasteiger partial charge in [0.15, 0.2) is 0 Å². The smallest absolute Gasteiger partial charge is 0.270 e. The lowest BCUT2D eigenvalue weighted by Gasteiger charge is -2.41. The highest BCUT2D eigenvalue weighted by atomic mass is 32.1. The van der Waals surface area contributed by atoms with Crippen LogP contribution >= 0.6 is 11.3 Å². The van der Waals surface area contributed by atoms with E-state index in [1.54, 1.807) is 36.6 Å². The molecule has 1 spiro atoms. The first-order valence-corrected chi connectivity index (χ1v) is 11.2. The van der Waals surface area contributed by atoms with Gasteiger partial charge in [0.2, 0.25) is 0 Å². The van der Waals surface area contributed by atoms with Crippen molar-refractivity contribution in [2.24, 2.45) is 7.05 Å². The maximum atomic E-state index is 13.2. The van der Waals surface area contributed by atoms with E-state index in [-0.39, 0.29) is 11.8 Å². The Kier molecular flexibility index (Phi) is 4.69. The molecule has 4 heterocycles. The highest BCUT2D eigenvalue weighted by Crippen LogP contribution is 2.36. The summed E-state index contributed by atoms with van der Waals surface area (Å²) in [7, 11) is 3.54. The summed E-state index contributed by atoms with van der Waals surface area (Å²) in [5.41, 5.74) is 1.79. The van der Waals surface area contributed by atoms with E-state index >= 15 is 0 Å². The Morgan fingerprint density at radius 1 is 1.23 bits per heavy atom. The number of hydrogen-bond acceptors (Lipinski definition) is 5. The number of aryl methyl sites for hydroxylation is 2. The lowest BCUT2D eigenvalue weighted by molar-refractivity contribution is 0.00733. The molecule has 0 unspecified atom stereocenters. The number of ether oxygens (including phenoxy) is 2. The van der Waals surface area contributed by atoms with Gasteiger partial charge in [-0.15, -0.1) is 11.3 Å². The molecule has 2 aliphatic rings. The van der Waals surface area contributed by atoms with Gasteiger partial charge in [-0.25, -0.2) is 0 Å². The molecular formula is C23H25N3O4S. The molecule has 7 nitrogen and oxygen atoms in total. The number of nitrogens with zero attached hydrogens (tertiary/aromatic N) is 2. The maximum Gasteiger partial charge on any atom is 0.270 e. The summed E-state index contributed by atoms with van der Waals surface area (Å²) in [6.45, 7) is 3.65. The maximum absolute atomic E-state index is 13.2. The number of amides is 2. The molecule has 0 atom stereocenters. The van der Waals surface area contributed by atoms with Gasteiger partial charge in [0.05, 0.1) is 29.4 Å². The molecule has 1 aromatic carbocycles. The summed E-state index contributed by atoms with van der Waals surface area (Å²) >= 11 is 1.71. The summed E-state index contributed by atoms with van der Waals surface area (Å²) in [6, 6.07) is 9.36. The van der Waals surface area contributed by atoms with Gasteiger partial charge in [0.25, 0.3) is 11.8 Å². The molecule has 8 heteroatoms. The van der Waals surface area contributed by atoms with Crippen molar-refractivity contribution in [2.75, 3.05) is 26.7 Å². The van der Waals surface area contributed by atoms with Crippen molar-refractivity contribution in [3.8, 4) is 11.5 Å². The molecule has 0 bridgehead atoms. The number of methoxy groups -OCH3 is 1. The first-order chi connectivity index (χ1) is 14.9. The number of carbonyl (C=O) groups excluding carboxylic acids is 2. The Hall–Kier alpha value is -3.00. The summed E-state index contributed by atoms with van der Waals surface area (Å²) < 4.78 is 14.8. The first kappa shape index (κ1) is 19.9. The largest absolute Gasteiger partial charge is 0.497 e. The standard InChI is InChI=1S/C23H25N3O4S/c1-14-10-17-20(31-14)12-18(25(17)2)22(28)26-8-6-23(7-9-26)13-24-21(27)16-5-4-15(29-3)11-19(16)30-23/h4-5,10-12H,6-9,13H2,1-3H3,(H,24,27). The van der Waals surface area contributed by atoms with E-state index in [0.29, 0.717) is 55.2 Å². The molecule has 1 fully saturated rings. The fraction of sp³-hybridized carbons (Fsp3) is 0.391. The topological polar surface area (TPSA) is 72.8 Å². The van der Waals surface area contributed by atoms with E-state index < -0.39 is 5.60 Å². The van der Waals surface area contributed by atoms with Crippen molar-refractivity contribution >= 4 is 33.4 Å². The lowest BCUT2D eigenvalue weighted by atomic mass is 9.90. The molecule has 0 saturated carbocycles. The van der Waals surface area contributed by atoms with Crippen LogP contribution in [0.5, 0.6) is 11.5 Å². The minimum Gasteiger partial charge on any atom is -0.497 e. The van der Waals surface area contributed by atoms with E-state index in [4.69, 9.17) is 9.47 Å². The number of benzene rings is 1. The molecule has 2 aliphatic heterocycles. The number of carbonyl (C=O) groups is 2. The van der Waals surface area contributed by atoms with Crippen LogP contribution in [0.2, 0.25) is 0 Å². The molecule has 0 radical (unpaired) electrons. The number of likely N-dealkylation sites (tertiary alicyclic amines) is 1. The van der Waals surface area contributed by atoms with Gasteiger partial charge >= 0.3 is 0 Å². The van der Waals surface area contributed by atoms with Gasteiger partial charge in [-0.1, -0.05) is 0 Å². The van der Waals surface area contributed by atoms with E-state index in [2.05, 4.69) is 18.3 Å². The van der Waals surface area contributed by atoms with Crippen LogP contribution in [-0.4, -0.2) is 53.6 Å². The Labute approximate surface area is 184 Å². The second kappa shape index (κ2) is 7.30. The van der Waals surface area contributed by atoms with Crippen LogP contribution in [-0.2, 0) is 7.05 Å². The highest BCUT2D eigenvalue weighted by molar-refractivity contribution is 7.19. The fourth-order valence-electron chi connectivity index (χ4n) is 4.51. The van der Waals surface area contributed by atoms with Crippen LogP contribution in [0.1, 0.15) is 38.6 Å². The molecule has 1 saturated heterocycles. The Bertz CT molecular complexity index is 1190. The molecule has 162 valence electrons. The molecule has 1 N–H and O–H groups in total. The lowest BCUT2D eigenvalue weighted by Crippen LogP contribution is -2.54. The molecule has 2 amide bonds. The van der Waals surface area contributed by atoms with E-state index in [0.717, 1.165) is 10.2 Å². The monoisotopic (exact) mass is 439 g/mol. The number of fused-ring (bicyclic) bond motifs is 2. The summed E-state index contributed by atoms with van der Waals surface area (Å²) in [4.78, 5) is 28.9. The van der Waals surface area contributed by atoms with Gasteiger partial charge in [0, 0.05) is 43.9 Å². The van der Waals surface area contributed by atoms with Crippen molar-refractivity contribution in [3.63, 3.8) is 0 Å². The average molecular weight is 440 g/mol. The number of rotatable bonds is 2. The zero-order chi connectivity index (χ0) is 21.8. The van der Waals surface area contributed by atoms with Crippen LogP contribution < -0.4 is 14.8 Å². The van der Waals surface area contributed by atoms with Crippen molar-refractivity contribution in [1.29, 1.82) is 0 Å². The normalized spacial score (nSPS) is 17.8. The fourth-order valence-corrected chi connectivity index (χ4v) is 5.49. The van der Waals surface area contributed by atoms with Crippen LogP contribution in [0.3, 0.4) is 0 Å². The summed E-state index contributed by atoms with van der Waals surface area (Å²) in [5.74, 6) is 1.08. The third kappa shape index (κ3) is 3.35. The van der Waals surface area contributed by atoms with Crippen molar-refractivity contribution < 1.29 is 19.1 Å². The Morgan fingerprint density at radius 2 is 2.00 bits per heavy atom. The molecule has 5 rings (SSSR count). The minimum absolute atomic E-state index is 0.0399. The highest BCUT2D eigenvalue weighted by Gasteiger charge is 2.41. The van der Waals surface area contributed by atoms with E-state index in [1.807, 2.05) is 22.6 Å². The Balaban J connectivity index is 1.35. The third-order valence-electron chi connectivity index (χ3n) is 6.37. The second-order valence-electron chi connectivity index (χ2n) is 8.32. The van der Waals surface area contributed by atoms with Crippen LogP contribution in [0.15, 0.2) is 30.3 Å². The molecule has 0 aliphatic carbocycles. The summed E-state index contributed by atoms with van der Waals surface area (Å²) in [5, 5.41) is 2.99. The number of thiophene rings is 1. The number of piperidine rings is 1. The van der Waals surface area contributed by atoms with Crippen molar-refractivity contribution in [1.82, 2.24) is 14.8 Å². The first-order valence-electron chi connectivity index (χ1n) is 10.4. The predicted molar refractivity (Wildman–Crippen MR) is 119 cm³/mol. The van der Waals surface area contributed by atoms with Crippen molar-refractivity contribution in [3.05, 3.63) is 46.5 Å².